The van der Waals surface area contributed by atoms with Crippen molar-refractivity contribution in [3.8, 4) is 0 Å². The Balaban J connectivity index is 4.27. The topological polar surface area (TPSA) is 106 Å². The Kier molecular flexibility index (Phi) is 2.82. The summed E-state index contributed by atoms with van der Waals surface area (Å²) in [5.74, 6) is -3.08. The second kappa shape index (κ2) is 3.17. The number of aliphatic hydroxyl groups is 1. The summed E-state index contributed by atoms with van der Waals surface area (Å²) in [7, 11) is 0. The highest BCUT2D eigenvalue weighted by Crippen LogP contribution is 2.00. The van der Waals surface area contributed by atoms with Gasteiger partial charge >= 0.3 is 0 Å². The van der Waals surface area contributed by atoms with E-state index in [9.17, 15) is 9.59 Å². The van der Waals surface area contributed by atoms with Gasteiger partial charge in [0, 0.05) is 0 Å². The number of rotatable bonds is 3. The van der Waals surface area contributed by atoms with Crippen molar-refractivity contribution in [3.05, 3.63) is 0 Å². The fourth-order valence-corrected chi connectivity index (χ4v) is 0.616. The first-order chi connectivity index (χ1) is 4.46. The van der Waals surface area contributed by atoms with Crippen molar-refractivity contribution in [2.24, 2.45) is 17.4 Å². The van der Waals surface area contributed by atoms with Gasteiger partial charge in [0.15, 0.2) is 0 Å². The van der Waals surface area contributed by atoms with E-state index >= 15 is 0 Å². The van der Waals surface area contributed by atoms with Gasteiger partial charge in [-0.15, -0.1) is 0 Å². The van der Waals surface area contributed by atoms with Crippen molar-refractivity contribution in [1.29, 1.82) is 0 Å². The van der Waals surface area contributed by atoms with Gasteiger partial charge in [-0.3, -0.25) is 9.59 Å². The molecule has 2 amide bonds. The smallest absolute Gasteiger partial charge is 0.232 e. The third-order valence-corrected chi connectivity index (χ3v) is 1.10. The Morgan fingerprint density at radius 2 is 1.60 bits per heavy atom. The van der Waals surface area contributed by atoms with Crippen LogP contribution in [0.4, 0.5) is 0 Å². The first kappa shape index (κ1) is 8.90. The standard InChI is InChI=1S/C5H10N2O3/c1-2(8)3(4(6)9)5(7)10/h2-3,8H,1H3,(H2,6,9)(H2,7,10). The average Bonchev–Trinajstić information content (AvgIpc) is 1.59. The molecule has 0 saturated heterocycles. The van der Waals surface area contributed by atoms with Gasteiger partial charge in [-0.05, 0) is 6.92 Å². The van der Waals surface area contributed by atoms with Crippen LogP contribution < -0.4 is 11.5 Å². The third kappa shape index (κ3) is 2.02. The summed E-state index contributed by atoms with van der Waals surface area (Å²) in [4.78, 5) is 20.7. The summed E-state index contributed by atoms with van der Waals surface area (Å²) in [6, 6.07) is 0. The van der Waals surface area contributed by atoms with Crippen molar-refractivity contribution in [2.75, 3.05) is 0 Å². The Morgan fingerprint density at radius 1 is 1.30 bits per heavy atom. The molecule has 0 aliphatic carbocycles. The number of amides is 2. The summed E-state index contributed by atoms with van der Waals surface area (Å²) >= 11 is 0. The van der Waals surface area contributed by atoms with Crippen molar-refractivity contribution in [3.63, 3.8) is 0 Å². The maximum atomic E-state index is 10.3. The molecule has 5 heteroatoms. The highest BCUT2D eigenvalue weighted by molar-refractivity contribution is 5.99. The van der Waals surface area contributed by atoms with Gasteiger partial charge in [-0.1, -0.05) is 0 Å². The highest BCUT2D eigenvalue weighted by Gasteiger charge is 2.26. The zero-order chi connectivity index (χ0) is 8.31. The average molecular weight is 146 g/mol. The summed E-state index contributed by atoms with van der Waals surface area (Å²) < 4.78 is 0. The van der Waals surface area contributed by atoms with E-state index < -0.39 is 23.8 Å². The maximum Gasteiger partial charge on any atom is 0.232 e. The largest absolute Gasteiger partial charge is 0.392 e. The molecule has 10 heavy (non-hydrogen) atoms. The van der Waals surface area contributed by atoms with Crippen LogP contribution in [0.2, 0.25) is 0 Å². The van der Waals surface area contributed by atoms with E-state index in [1.54, 1.807) is 0 Å². The molecule has 0 aromatic rings. The molecule has 0 bridgehead atoms. The van der Waals surface area contributed by atoms with Crippen LogP contribution in [-0.2, 0) is 9.59 Å². The lowest BCUT2D eigenvalue weighted by Gasteiger charge is -2.10. The molecule has 0 heterocycles. The van der Waals surface area contributed by atoms with E-state index in [-0.39, 0.29) is 0 Å². The van der Waals surface area contributed by atoms with Gasteiger partial charge in [0.1, 0.15) is 5.92 Å². The molecule has 0 rings (SSSR count). The highest BCUT2D eigenvalue weighted by atomic mass is 16.3. The predicted molar refractivity (Wildman–Crippen MR) is 33.6 cm³/mol. The summed E-state index contributed by atoms with van der Waals surface area (Å²) in [5.41, 5.74) is 9.48. The van der Waals surface area contributed by atoms with Gasteiger partial charge in [0.05, 0.1) is 6.10 Å². The van der Waals surface area contributed by atoms with Crippen LogP contribution in [0.25, 0.3) is 0 Å². The van der Waals surface area contributed by atoms with Gasteiger partial charge in [0.25, 0.3) is 0 Å². The molecule has 1 unspecified atom stereocenters. The maximum absolute atomic E-state index is 10.3. The number of carbonyl (C=O) groups excluding carboxylic acids is 2. The quantitative estimate of drug-likeness (QED) is 0.399. The molecular weight excluding hydrogens is 136 g/mol. The molecule has 1 atom stereocenters. The second-order valence-corrected chi connectivity index (χ2v) is 2.02. The summed E-state index contributed by atoms with van der Waals surface area (Å²) in [5, 5.41) is 8.75. The van der Waals surface area contributed by atoms with E-state index in [2.05, 4.69) is 0 Å². The number of primary amides is 2. The zero-order valence-corrected chi connectivity index (χ0v) is 5.57. The van der Waals surface area contributed by atoms with Crippen molar-refractivity contribution >= 4 is 11.8 Å². The lowest BCUT2D eigenvalue weighted by molar-refractivity contribution is -0.135. The minimum Gasteiger partial charge on any atom is -0.392 e. The first-order valence-corrected chi connectivity index (χ1v) is 2.73. The lowest BCUT2D eigenvalue weighted by atomic mass is 10.0. The van der Waals surface area contributed by atoms with Gasteiger partial charge in [0.2, 0.25) is 11.8 Å². The summed E-state index contributed by atoms with van der Waals surface area (Å²) in [6.07, 6.45) is -1.12. The van der Waals surface area contributed by atoms with Crippen LogP contribution in [0.5, 0.6) is 0 Å². The summed E-state index contributed by atoms with van der Waals surface area (Å²) in [6.45, 7) is 1.28. The lowest BCUT2D eigenvalue weighted by Crippen LogP contribution is -2.41. The number of hydrogen-bond acceptors (Lipinski definition) is 3. The molecular formula is C5H10N2O3. The van der Waals surface area contributed by atoms with E-state index in [1.165, 1.54) is 6.92 Å². The van der Waals surface area contributed by atoms with Crippen molar-refractivity contribution in [1.82, 2.24) is 0 Å². The minimum atomic E-state index is -1.28. The molecule has 0 aromatic carbocycles. The molecule has 0 aliphatic rings. The Labute approximate surface area is 58.0 Å². The predicted octanol–water partition coefficient (Wildman–Crippen LogP) is -2.05. The molecule has 0 fully saturated rings. The Bertz CT molecular complexity index is 141. The van der Waals surface area contributed by atoms with Gasteiger partial charge in [-0.2, -0.15) is 0 Å². The second-order valence-electron chi connectivity index (χ2n) is 2.02. The van der Waals surface area contributed by atoms with Crippen LogP contribution in [0, 0.1) is 5.92 Å². The van der Waals surface area contributed by atoms with E-state index in [0.29, 0.717) is 0 Å². The van der Waals surface area contributed by atoms with Gasteiger partial charge < -0.3 is 16.6 Å². The normalized spacial score (nSPS) is 13.1. The fraction of sp³-hybridized carbons (Fsp3) is 0.600. The van der Waals surface area contributed by atoms with Gasteiger partial charge in [-0.25, -0.2) is 0 Å². The van der Waals surface area contributed by atoms with Crippen LogP contribution in [-0.4, -0.2) is 23.0 Å². The van der Waals surface area contributed by atoms with Crippen LogP contribution >= 0.6 is 0 Å². The first-order valence-electron chi connectivity index (χ1n) is 2.73. The fourth-order valence-electron chi connectivity index (χ4n) is 0.616. The molecule has 0 saturated carbocycles. The number of nitrogens with two attached hydrogens (primary N) is 2. The molecule has 0 aliphatic heterocycles. The van der Waals surface area contributed by atoms with E-state index in [4.69, 9.17) is 16.6 Å². The number of hydrogen-bond donors (Lipinski definition) is 3. The number of carbonyl (C=O) groups is 2. The zero-order valence-electron chi connectivity index (χ0n) is 5.57. The Hall–Kier alpha value is -1.10. The minimum absolute atomic E-state index is 0.900. The van der Waals surface area contributed by atoms with Crippen LogP contribution in [0.3, 0.4) is 0 Å². The monoisotopic (exact) mass is 146 g/mol. The van der Waals surface area contributed by atoms with E-state index in [0.717, 1.165) is 0 Å². The SMILES string of the molecule is CC(O)C(C(N)=O)C(N)=O. The van der Waals surface area contributed by atoms with Crippen molar-refractivity contribution in [2.45, 2.75) is 13.0 Å². The molecule has 5 nitrogen and oxygen atoms in total. The molecule has 58 valence electrons. The molecule has 0 radical (unpaired) electrons. The van der Waals surface area contributed by atoms with Crippen LogP contribution in [0.15, 0.2) is 0 Å². The molecule has 5 N–H and O–H groups in total. The molecule has 0 spiro atoms. The van der Waals surface area contributed by atoms with E-state index in [1.807, 2.05) is 0 Å². The van der Waals surface area contributed by atoms with Crippen LogP contribution in [0.1, 0.15) is 6.92 Å². The third-order valence-electron chi connectivity index (χ3n) is 1.10. The molecule has 0 aromatic heterocycles. The van der Waals surface area contributed by atoms with Crippen molar-refractivity contribution < 1.29 is 14.7 Å². The number of aliphatic hydroxyl groups excluding tert-OH is 1. The Morgan fingerprint density at radius 3 is 1.60 bits per heavy atom.